The first kappa shape index (κ1) is 18.0. The van der Waals surface area contributed by atoms with Crippen molar-refractivity contribution in [3.8, 4) is 0 Å². The Morgan fingerprint density at radius 1 is 0.870 bits per heavy atom. The number of nitrogens with one attached hydrogen (secondary N) is 1. The van der Waals surface area contributed by atoms with Gasteiger partial charge in [-0.25, -0.2) is 0 Å². The molecule has 2 rings (SSSR count). The summed E-state index contributed by atoms with van der Waals surface area (Å²) in [6, 6.07) is 6.77. The van der Waals surface area contributed by atoms with Crippen LogP contribution >= 0.6 is 0 Å². The number of hydrogen-bond donors (Lipinski definition) is 1. The Bertz CT molecular complexity index is 522. The second-order valence-corrected chi connectivity index (χ2v) is 9.11. The van der Waals surface area contributed by atoms with Gasteiger partial charge >= 0.3 is 0 Å². The van der Waals surface area contributed by atoms with Crippen LogP contribution in [0.15, 0.2) is 18.2 Å². The van der Waals surface area contributed by atoms with Crippen LogP contribution in [0, 0.1) is 0 Å². The van der Waals surface area contributed by atoms with E-state index < -0.39 is 0 Å². The Balaban J connectivity index is 2.30. The molecule has 0 radical (unpaired) electrons. The number of hydrogen-bond acceptors (Lipinski definition) is 1. The molecule has 0 spiro atoms. The topological polar surface area (TPSA) is 29.1 Å². The maximum atomic E-state index is 12.8. The summed E-state index contributed by atoms with van der Waals surface area (Å²) in [4.78, 5) is 12.8. The maximum absolute atomic E-state index is 12.8. The van der Waals surface area contributed by atoms with Gasteiger partial charge in [0.15, 0.2) is 0 Å². The van der Waals surface area contributed by atoms with E-state index in [2.05, 4.69) is 65.1 Å². The number of benzene rings is 1. The summed E-state index contributed by atoms with van der Waals surface area (Å²) in [5.74, 6) is 0.0912. The lowest BCUT2D eigenvalue weighted by Gasteiger charge is -2.27. The van der Waals surface area contributed by atoms with E-state index in [1.807, 2.05) is 0 Å². The van der Waals surface area contributed by atoms with E-state index in [-0.39, 0.29) is 16.7 Å². The van der Waals surface area contributed by atoms with Crippen molar-refractivity contribution in [1.82, 2.24) is 5.32 Å². The highest BCUT2D eigenvalue weighted by atomic mass is 16.1. The molecule has 1 amide bonds. The first-order valence-corrected chi connectivity index (χ1v) is 9.04. The average molecular weight is 316 g/mol. The van der Waals surface area contributed by atoms with E-state index in [0.717, 1.165) is 18.4 Å². The van der Waals surface area contributed by atoms with Crippen LogP contribution in [0.5, 0.6) is 0 Å². The third-order valence-corrected chi connectivity index (χ3v) is 4.87. The van der Waals surface area contributed by atoms with Crippen molar-refractivity contribution < 1.29 is 4.79 Å². The molecule has 0 aliphatic heterocycles. The monoisotopic (exact) mass is 315 g/mol. The van der Waals surface area contributed by atoms with Crippen molar-refractivity contribution in [2.75, 3.05) is 0 Å². The zero-order chi connectivity index (χ0) is 17.3. The highest BCUT2D eigenvalue weighted by Gasteiger charge is 2.23. The van der Waals surface area contributed by atoms with Crippen molar-refractivity contribution >= 4 is 5.91 Å². The summed E-state index contributed by atoms with van der Waals surface area (Å²) in [5, 5.41) is 3.25. The molecular formula is C21H33NO. The first-order chi connectivity index (χ1) is 10.6. The molecule has 1 aliphatic carbocycles. The highest BCUT2D eigenvalue weighted by molar-refractivity contribution is 5.95. The molecule has 2 heteroatoms. The quantitative estimate of drug-likeness (QED) is 0.783. The Hall–Kier alpha value is -1.31. The molecule has 1 saturated carbocycles. The number of carbonyl (C=O) groups excluding carboxylic acids is 1. The third-order valence-electron chi connectivity index (χ3n) is 4.87. The normalized spacial score (nSPS) is 17.1. The van der Waals surface area contributed by atoms with Crippen LogP contribution in [0.4, 0.5) is 0 Å². The average Bonchev–Trinajstić information content (AvgIpc) is 2.46. The first-order valence-electron chi connectivity index (χ1n) is 9.04. The van der Waals surface area contributed by atoms with Gasteiger partial charge in [-0.1, -0.05) is 66.9 Å². The van der Waals surface area contributed by atoms with Gasteiger partial charge in [0, 0.05) is 11.6 Å². The van der Waals surface area contributed by atoms with Gasteiger partial charge in [-0.05, 0) is 46.9 Å². The molecular weight excluding hydrogens is 282 g/mol. The Morgan fingerprint density at radius 3 is 1.78 bits per heavy atom. The zero-order valence-electron chi connectivity index (χ0n) is 15.8. The lowest BCUT2D eigenvalue weighted by Crippen LogP contribution is -2.36. The van der Waals surface area contributed by atoms with Gasteiger partial charge < -0.3 is 5.32 Å². The van der Waals surface area contributed by atoms with E-state index in [9.17, 15) is 4.79 Å². The lowest BCUT2D eigenvalue weighted by atomic mass is 9.79. The summed E-state index contributed by atoms with van der Waals surface area (Å²) in [6.07, 6.45) is 6.02. The Morgan fingerprint density at radius 2 is 1.35 bits per heavy atom. The summed E-state index contributed by atoms with van der Waals surface area (Å²) in [5.41, 5.74) is 3.37. The zero-order valence-corrected chi connectivity index (χ0v) is 15.8. The van der Waals surface area contributed by atoms with Gasteiger partial charge in [0.05, 0.1) is 0 Å². The van der Waals surface area contributed by atoms with Gasteiger partial charge in [-0.2, -0.15) is 0 Å². The Labute approximate surface area is 142 Å². The third kappa shape index (κ3) is 4.83. The smallest absolute Gasteiger partial charge is 0.251 e. The summed E-state index contributed by atoms with van der Waals surface area (Å²) in [7, 11) is 0. The second kappa shape index (κ2) is 6.67. The van der Waals surface area contributed by atoms with Crippen LogP contribution in [0.2, 0.25) is 0 Å². The SMILES string of the molecule is CC(C)(C)c1cc(C(=O)NC2CCCCC2)cc(C(C)(C)C)c1. The predicted octanol–water partition coefficient (Wildman–Crippen LogP) is 5.34. The number of amides is 1. The van der Waals surface area contributed by atoms with E-state index in [1.54, 1.807) is 0 Å². The summed E-state index contributed by atoms with van der Waals surface area (Å²) >= 11 is 0. The van der Waals surface area contributed by atoms with E-state index >= 15 is 0 Å². The van der Waals surface area contributed by atoms with Crippen molar-refractivity contribution in [3.05, 3.63) is 34.9 Å². The molecule has 1 N–H and O–H groups in total. The molecule has 1 aromatic rings. The fourth-order valence-corrected chi connectivity index (χ4v) is 3.14. The molecule has 0 saturated heterocycles. The molecule has 0 unspecified atom stereocenters. The molecule has 0 heterocycles. The summed E-state index contributed by atoms with van der Waals surface area (Å²) < 4.78 is 0. The van der Waals surface area contributed by atoms with Crippen LogP contribution in [0.25, 0.3) is 0 Å². The van der Waals surface area contributed by atoms with E-state index in [1.165, 1.54) is 30.4 Å². The van der Waals surface area contributed by atoms with E-state index in [4.69, 9.17) is 0 Å². The summed E-state index contributed by atoms with van der Waals surface area (Å²) in [6.45, 7) is 13.2. The molecule has 1 aromatic carbocycles. The number of carbonyl (C=O) groups is 1. The molecule has 128 valence electrons. The fourth-order valence-electron chi connectivity index (χ4n) is 3.14. The number of rotatable bonds is 2. The van der Waals surface area contributed by atoms with Crippen LogP contribution in [0.1, 0.15) is 95.1 Å². The van der Waals surface area contributed by atoms with Crippen molar-refractivity contribution in [1.29, 1.82) is 0 Å². The van der Waals surface area contributed by atoms with Crippen LogP contribution in [0.3, 0.4) is 0 Å². The largest absolute Gasteiger partial charge is 0.349 e. The molecule has 2 nitrogen and oxygen atoms in total. The lowest BCUT2D eigenvalue weighted by molar-refractivity contribution is 0.0927. The minimum atomic E-state index is 0.0428. The van der Waals surface area contributed by atoms with Crippen LogP contribution in [-0.4, -0.2) is 11.9 Å². The molecule has 0 atom stereocenters. The fraction of sp³-hybridized carbons (Fsp3) is 0.667. The minimum absolute atomic E-state index is 0.0428. The highest BCUT2D eigenvalue weighted by Crippen LogP contribution is 2.30. The maximum Gasteiger partial charge on any atom is 0.251 e. The molecule has 1 fully saturated rings. The van der Waals surface area contributed by atoms with Gasteiger partial charge in [-0.3, -0.25) is 4.79 Å². The van der Waals surface area contributed by atoms with Gasteiger partial charge in [0.25, 0.3) is 5.91 Å². The van der Waals surface area contributed by atoms with Crippen LogP contribution in [-0.2, 0) is 10.8 Å². The van der Waals surface area contributed by atoms with Crippen molar-refractivity contribution in [2.45, 2.75) is 90.5 Å². The molecule has 0 bridgehead atoms. The van der Waals surface area contributed by atoms with Gasteiger partial charge in [0.1, 0.15) is 0 Å². The predicted molar refractivity (Wildman–Crippen MR) is 98.2 cm³/mol. The van der Waals surface area contributed by atoms with Crippen molar-refractivity contribution in [2.24, 2.45) is 0 Å². The standard InChI is InChI=1S/C21H33NO/c1-20(2,3)16-12-15(13-17(14-16)21(4,5)6)19(23)22-18-10-8-7-9-11-18/h12-14,18H,7-11H2,1-6H3,(H,22,23). The Kier molecular flexibility index (Phi) is 5.23. The molecule has 0 aromatic heterocycles. The molecule has 1 aliphatic rings. The van der Waals surface area contributed by atoms with Gasteiger partial charge in [0.2, 0.25) is 0 Å². The van der Waals surface area contributed by atoms with Gasteiger partial charge in [-0.15, -0.1) is 0 Å². The van der Waals surface area contributed by atoms with Crippen molar-refractivity contribution in [3.63, 3.8) is 0 Å². The van der Waals surface area contributed by atoms with Crippen LogP contribution < -0.4 is 5.32 Å². The second-order valence-electron chi connectivity index (χ2n) is 9.11. The minimum Gasteiger partial charge on any atom is -0.349 e. The molecule has 23 heavy (non-hydrogen) atoms. The van der Waals surface area contributed by atoms with E-state index in [0.29, 0.717) is 6.04 Å².